The van der Waals surface area contributed by atoms with Crippen molar-refractivity contribution in [1.82, 2.24) is 19.8 Å². The first-order chi connectivity index (χ1) is 18.4. The molecule has 38 heavy (non-hydrogen) atoms. The molecule has 1 aromatic carbocycles. The second-order valence-electron chi connectivity index (χ2n) is 9.45. The van der Waals surface area contributed by atoms with Gasteiger partial charge in [0.2, 0.25) is 5.82 Å². The van der Waals surface area contributed by atoms with Gasteiger partial charge in [-0.2, -0.15) is 0 Å². The number of methoxy groups -OCH3 is 1. The lowest BCUT2D eigenvalue weighted by atomic mass is 10.1. The fourth-order valence-corrected chi connectivity index (χ4v) is 4.76. The normalized spacial score (nSPS) is 17.4. The van der Waals surface area contributed by atoms with E-state index < -0.39 is 0 Å². The van der Waals surface area contributed by atoms with Gasteiger partial charge in [-0.05, 0) is 49.5 Å². The molecular weight excluding hydrogens is 480 g/mol. The largest absolute Gasteiger partial charge is 0.507 e. The van der Waals surface area contributed by atoms with Crippen LogP contribution < -0.4 is 10.6 Å². The van der Waals surface area contributed by atoms with E-state index >= 15 is 0 Å². The zero-order valence-electron chi connectivity index (χ0n) is 21.9. The van der Waals surface area contributed by atoms with Crippen molar-refractivity contribution in [3.8, 4) is 17.6 Å². The molecule has 0 atom stereocenters. The van der Waals surface area contributed by atoms with Gasteiger partial charge in [0.05, 0.1) is 24.1 Å². The zero-order valence-corrected chi connectivity index (χ0v) is 21.9. The van der Waals surface area contributed by atoms with Gasteiger partial charge in [0.25, 0.3) is 0 Å². The number of nitrogens with zero attached hydrogens (tertiary/aromatic N) is 5. The Balaban J connectivity index is 1.39. The number of hydrogen-bond acceptors (Lipinski definition) is 9. The highest BCUT2D eigenvalue weighted by Crippen LogP contribution is 2.20. The highest BCUT2D eigenvalue weighted by molar-refractivity contribution is 6.12. The van der Waals surface area contributed by atoms with E-state index in [9.17, 15) is 5.11 Å². The second kappa shape index (κ2) is 13.0. The van der Waals surface area contributed by atoms with E-state index in [0.29, 0.717) is 49.4 Å². The van der Waals surface area contributed by atoms with Crippen molar-refractivity contribution in [2.24, 2.45) is 5.73 Å². The molecule has 0 aliphatic carbocycles. The van der Waals surface area contributed by atoms with Crippen LogP contribution in [0.3, 0.4) is 0 Å². The van der Waals surface area contributed by atoms with E-state index in [0.717, 1.165) is 44.7 Å². The van der Waals surface area contributed by atoms with Crippen LogP contribution in [-0.4, -0.2) is 95.4 Å². The average Bonchev–Trinajstić information content (AvgIpc) is 3.18. The number of amidine groups is 1. The first-order valence-corrected chi connectivity index (χ1v) is 12.9. The van der Waals surface area contributed by atoms with Crippen LogP contribution in [0.2, 0.25) is 0 Å². The number of hydrogen-bond donors (Lipinski definition) is 4. The van der Waals surface area contributed by atoms with E-state index in [1.807, 2.05) is 11.0 Å². The van der Waals surface area contributed by atoms with Gasteiger partial charge in [0.15, 0.2) is 0 Å². The Morgan fingerprint density at radius 1 is 1.13 bits per heavy atom. The molecule has 2 aliphatic rings. The Kier molecular flexibility index (Phi) is 9.30. The highest BCUT2D eigenvalue weighted by Gasteiger charge is 2.21. The molecule has 0 unspecified atom stereocenters. The number of aromatic hydroxyl groups is 1. The first-order valence-electron chi connectivity index (χ1n) is 12.9. The number of piperidine rings is 1. The van der Waals surface area contributed by atoms with E-state index in [4.69, 9.17) is 21.3 Å². The summed E-state index contributed by atoms with van der Waals surface area (Å²) in [4.78, 5) is 15.6. The van der Waals surface area contributed by atoms with Crippen LogP contribution in [0, 0.1) is 22.7 Å². The number of nitrogens with two attached hydrogens (primary N) is 1. The minimum Gasteiger partial charge on any atom is -0.507 e. The van der Waals surface area contributed by atoms with Gasteiger partial charge in [-0.3, -0.25) is 10.3 Å². The maximum absolute atomic E-state index is 10.1. The number of aromatic nitrogens is 2. The lowest BCUT2D eigenvalue weighted by Gasteiger charge is -2.29. The summed E-state index contributed by atoms with van der Waals surface area (Å²) in [5, 5.41) is 26.7. The monoisotopic (exact) mass is 516 g/mol. The van der Waals surface area contributed by atoms with E-state index in [-0.39, 0.29) is 17.3 Å². The lowest BCUT2D eigenvalue weighted by molar-refractivity contribution is 0.0450. The summed E-state index contributed by atoms with van der Waals surface area (Å²) in [7, 11) is 1.77. The molecule has 2 aromatic rings. The van der Waals surface area contributed by atoms with Gasteiger partial charge in [-0.1, -0.05) is 18.1 Å². The Morgan fingerprint density at radius 3 is 2.66 bits per heavy atom. The van der Waals surface area contributed by atoms with E-state index in [1.54, 1.807) is 43.6 Å². The van der Waals surface area contributed by atoms with Gasteiger partial charge in [-0.15, -0.1) is 0 Å². The van der Waals surface area contributed by atoms with Crippen LogP contribution in [0.5, 0.6) is 5.75 Å². The molecule has 1 aromatic heterocycles. The number of rotatable bonds is 7. The summed E-state index contributed by atoms with van der Waals surface area (Å²) in [6.45, 7) is 5.43. The maximum atomic E-state index is 10.1. The Labute approximate surface area is 224 Å². The van der Waals surface area contributed by atoms with Crippen LogP contribution in [0.4, 0.5) is 5.82 Å². The number of likely N-dealkylation sites (tertiary alicyclic amines) is 1. The summed E-state index contributed by atoms with van der Waals surface area (Å²) in [5.74, 6) is 7.58. The smallest absolute Gasteiger partial charge is 0.206 e. The number of nitrogens with one attached hydrogen (secondary N) is 2. The molecule has 10 heteroatoms. The standard InChI is InChI=1S/C28H36N8O2/c1-38-21-10-16-34(17-11-21)13-4-8-26-32-12-9-27(33-26)36-15-5-14-35(18-19-36)24(28(30)31)20-23(29)22-6-2-3-7-25(22)37/h2-3,6-7,9,12,20-21,29,37H,5,10-11,13-19H2,1H3,(H3,30,31)/b24-20+,29-23?. The quantitative estimate of drug-likeness (QED) is 0.249. The third-order valence-corrected chi connectivity index (χ3v) is 6.92. The van der Waals surface area contributed by atoms with Crippen molar-refractivity contribution in [3.05, 3.63) is 59.7 Å². The van der Waals surface area contributed by atoms with Crippen molar-refractivity contribution in [2.45, 2.75) is 25.4 Å². The summed E-state index contributed by atoms with van der Waals surface area (Å²) in [6, 6.07) is 8.59. The number of allylic oxidation sites excluding steroid dienone is 1. The minimum absolute atomic E-state index is 0.0250. The van der Waals surface area contributed by atoms with E-state index in [1.165, 1.54) is 0 Å². The number of ether oxygens (including phenoxy) is 1. The SMILES string of the molecule is COC1CCN(CC#Cc2nccc(N3CCCN(/C(=C/C(=N)c4ccccc4O)C(=N)N)CC3)n2)CC1. The van der Waals surface area contributed by atoms with Gasteiger partial charge in [-0.25, -0.2) is 9.97 Å². The van der Waals surface area contributed by atoms with Gasteiger partial charge >= 0.3 is 0 Å². The molecule has 0 saturated carbocycles. The van der Waals surface area contributed by atoms with Crippen LogP contribution in [0.1, 0.15) is 30.7 Å². The first kappa shape index (κ1) is 27.1. The Hall–Kier alpha value is -3.94. The fraction of sp³-hybridized carbons (Fsp3) is 0.429. The van der Waals surface area contributed by atoms with Gasteiger partial charge < -0.3 is 30.8 Å². The van der Waals surface area contributed by atoms with Crippen LogP contribution in [-0.2, 0) is 4.74 Å². The molecule has 5 N–H and O–H groups in total. The molecule has 3 heterocycles. The van der Waals surface area contributed by atoms with Crippen molar-refractivity contribution in [3.63, 3.8) is 0 Å². The number of para-hydroxylation sites is 1. The molecular formula is C28H36N8O2. The predicted octanol–water partition coefficient (Wildman–Crippen LogP) is 2.04. The third-order valence-electron chi connectivity index (χ3n) is 6.92. The third kappa shape index (κ3) is 7.09. The fourth-order valence-electron chi connectivity index (χ4n) is 4.76. The summed E-state index contributed by atoms with van der Waals surface area (Å²) < 4.78 is 5.44. The molecule has 2 saturated heterocycles. The summed E-state index contributed by atoms with van der Waals surface area (Å²) in [6.07, 6.45) is 6.56. The zero-order chi connectivity index (χ0) is 26.9. The maximum Gasteiger partial charge on any atom is 0.206 e. The predicted molar refractivity (Wildman–Crippen MR) is 149 cm³/mol. The molecule has 0 bridgehead atoms. The number of phenolic OH excluding ortho intramolecular Hbond substituents is 1. The van der Waals surface area contributed by atoms with Crippen LogP contribution in [0.25, 0.3) is 0 Å². The average molecular weight is 517 g/mol. The number of anilines is 1. The summed E-state index contributed by atoms with van der Waals surface area (Å²) in [5.41, 5.74) is 6.90. The van der Waals surface area contributed by atoms with Gasteiger partial charge in [0, 0.05) is 58.1 Å². The molecule has 200 valence electrons. The van der Waals surface area contributed by atoms with Crippen LogP contribution >= 0.6 is 0 Å². The molecule has 2 fully saturated rings. The molecule has 0 amide bonds. The highest BCUT2D eigenvalue weighted by atomic mass is 16.5. The molecule has 0 radical (unpaired) electrons. The molecule has 4 rings (SSSR count). The molecule has 10 nitrogen and oxygen atoms in total. The van der Waals surface area contributed by atoms with Crippen molar-refractivity contribution < 1.29 is 9.84 Å². The molecule has 2 aliphatic heterocycles. The number of benzene rings is 1. The van der Waals surface area contributed by atoms with Gasteiger partial charge in [0.1, 0.15) is 17.4 Å². The van der Waals surface area contributed by atoms with Crippen molar-refractivity contribution in [2.75, 3.05) is 57.8 Å². The Morgan fingerprint density at radius 2 is 1.92 bits per heavy atom. The molecule has 0 spiro atoms. The lowest BCUT2D eigenvalue weighted by Crippen LogP contribution is -2.36. The van der Waals surface area contributed by atoms with Crippen LogP contribution in [0.15, 0.2) is 48.3 Å². The Bertz CT molecular complexity index is 1230. The topological polar surface area (TPSA) is 139 Å². The summed E-state index contributed by atoms with van der Waals surface area (Å²) >= 11 is 0. The van der Waals surface area contributed by atoms with Crippen molar-refractivity contribution >= 4 is 17.4 Å². The second-order valence-corrected chi connectivity index (χ2v) is 9.45. The number of phenols is 1. The minimum atomic E-state index is -0.107. The van der Waals surface area contributed by atoms with Crippen molar-refractivity contribution in [1.29, 1.82) is 10.8 Å². The van der Waals surface area contributed by atoms with E-state index in [2.05, 4.69) is 31.6 Å².